The highest BCUT2D eigenvalue weighted by molar-refractivity contribution is 5.70. The van der Waals surface area contributed by atoms with Crippen LogP contribution in [-0.4, -0.2) is 32.4 Å². The van der Waals surface area contributed by atoms with E-state index in [0.29, 0.717) is 17.2 Å². The van der Waals surface area contributed by atoms with E-state index in [4.69, 9.17) is 19.3 Å². The molecular weight excluding hydrogens is 248 g/mol. The zero-order valence-corrected chi connectivity index (χ0v) is 11.9. The van der Waals surface area contributed by atoms with Crippen molar-refractivity contribution in [1.82, 2.24) is 0 Å². The Morgan fingerprint density at radius 1 is 1.11 bits per heavy atom. The molecule has 1 rings (SSSR count). The van der Waals surface area contributed by atoms with E-state index < -0.39 is 11.4 Å². The summed E-state index contributed by atoms with van der Waals surface area (Å²) in [5.41, 5.74) is 0.107. The molecule has 1 aromatic carbocycles. The maximum Gasteiger partial charge on any atom is 0.304 e. The van der Waals surface area contributed by atoms with Crippen molar-refractivity contribution < 1.29 is 24.1 Å². The standard InChI is InChI=1S/C14H20O5/c1-14(2,8-12(15)16)13-10(18-4)6-9(17-3)7-11(13)19-5/h6-7H,8H2,1-5H3,(H,15,16). The van der Waals surface area contributed by atoms with Crippen molar-refractivity contribution in [2.45, 2.75) is 25.7 Å². The van der Waals surface area contributed by atoms with Crippen molar-refractivity contribution in [3.05, 3.63) is 17.7 Å². The first-order valence-corrected chi connectivity index (χ1v) is 5.88. The van der Waals surface area contributed by atoms with Gasteiger partial charge in [-0.25, -0.2) is 0 Å². The fraction of sp³-hybridized carbons (Fsp3) is 0.500. The highest BCUT2D eigenvalue weighted by Crippen LogP contribution is 2.43. The van der Waals surface area contributed by atoms with Crippen LogP contribution in [0.15, 0.2) is 12.1 Å². The van der Waals surface area contributed by atoms with Crippen molar-refractivity contribution in [2.75, 3.05) is 21.3 Å². The molecule has 0 spiro atoms. The van der Waals surface area contributed by atoms with E-state index >= 15 is 0 Å². The number of carbonyl (C=O) groups is 1. The van der Waals surface area contributed by atoms with Gasteiger partial charge in [0.15, 0.2) is 0 Å². The summed E-state index contributed by atoms with van der Waals surface area (Å²) in [6.07, 6.45) is -0.0218. The lowest BCUT2D eigenvalue weighted by molar-refractivity contribution is -0.138. The van der Waals surface area contributed by atoms with E-state index in [2.05, 4.69) is 0 Å². The van der Waals surface area contributed by atoms with E-state index in [1.165, 1.54) is 14.2 Å². The van der Waals surface area contributed by atoms with Crippen LogP contribution in [0.2, 0.25) is 0 Å². The lowest BCUT2D eigenvalue weighted by atomic mass is 9.80. The summed E-state index contributed by atoms with van der Waals surface area (Å²) in [6.45, 7) is 3.68. The van der Waals surface area contributed by atoms with E-state index in [-0.39, 0.29) is 6.42 Å². The molecule has 0 aliphatic carbocycles. The number of benzene rings is 1. The summed E-state index contributed by atoms with van der Waals surface area (Å²) in [5.74, 6) is 0.846. The minimum absolute atomic E-state index is 0.0218. The number of ether oxygens (including phenoxy) is 3. The van der Waals surface area contributed by atoms with Crippen molar-refractivity contribution >= 4 is 5.97 Å². The first-order valence-electron chi connectivity index (χ1n) is 5.88. The summed E-state index contributed by atoms with van der Waals surface area (Å²) < 4.78 is 15.9. The minimum atomic E-state index is -0.870. The fourth-order valence-electron chi connectivity index (χ4n) is 2.14. The molecule has 0 aliphatic rings. The Labute approximate surface area is 113 Å². The number of hydrogen-bond acceptors (Lipinski definition) is 4. The van der Waals surface area contributed by atoms with Gasteiger partial charge in [0, 0.05) is 23.1 Å². The highest BCUT2D eigenvalue weighted by Gasteiger charge is 2.31. The SMILES string of the molecule is COc1cc(OC)c(C(C)(C)CC(=O)O)c(OC)c1. The molecule has 0 fully saturated rings. The second-order valence-corrected chi connectivity index (χ2v) is 4.86. The summed E-state index contributed by atoms with van der Waals surface area (Å²) in [7, 11) is 4.62. The Balaban J connectivity index is 3.42. The van der Waals surface area contributed by atoms with E-state index in [0.717, 1.165) is 5.56 Å². The van der Waals surface area contributed by atoms with Gasteiger partial charge in [-0.2, -0.15) is 0 Å². The number of carboxylic acid groups (broad SMARTS) is 1. The maximum atomic E-state index is 11.0. The molecule has 1 N–H and O–H groups in total. The molecule has 1 aromatic rings. The van der Waals surface area contributed by atoms with Crippen LogP contribution in [0.1, 0.15) is 25.8 Å². The van der Waals surface area contributed by atoms with Crippen LogP contribution in [0.4, 0.5) is 0 Å². The fourth-order valence-corrected chi connectivity index (χ4v) is 2.14. The van der Waals surface area contributed by atoms with Gasteiger partial charge in [-0.15, -0.1) is 0 Å². The molecule has 19 heavy (non-hydrogen) atoms. The number of aliphatic carboxylic acids is 1. The van der Waals surface area contributed by atoms with Gasteiger partial charge in [-0.1, -0.05) is 13.8 Å². The number of methoxy groups -OCH3 is 3. The van der Waals surface area contributed by atoms with Gasteiger partial charge in [0.25, 0.3) is 0 Å². The average Bonchev–Trinajstić information content (AvgIpc) is 2.35. The Hall–Kier alpha value is -1.91. The molecule has 0 heterocycles. The molecule has 0 aliphatic heterocycles. The molecule has 0 unspecified atom stereocenters. The van der Waals surface area contributed by atoms with Crippen molar-refractivity contribution in [3.63, 3.8) is 0 Å². The zero-order chi connectivity index (χ0) is 14.6. The second kappa shape index (κ2) is 5.82. The monoisotopic (exact) mass is 268 g/mol. The lowest BCUT2D eigenvalue weighted by Gasteiger charge is -2.27. The molecule has 0 atom stereocenters. The Bertz CT molecular complexity index is 440. The second-order valence-electron chi connectivity index (χ2n) is 4.86. The predicted octanol–water partition coefficient (Wildman–Crippen LogP) is 2.46. The minimum Gasteiger partial charge on any atom is -0.496 e. The molecule has 0 saturated heterocycles. The maximum absolute atomic E-state index is 11.0. The summed E-state index contributed by atoms with van der Waals surface area (Å²) >= 11 is 0. The number of rotatable bonds is 6. The summed E-state index contributed by atoms with van der Waals surface area (Å²) in [4.78, 5) is 11.0. The van der Waals surface area contributed by atoms with Crippen LogP contribution in [0, 0.1) is 0 Å². The van der Waals surface area contributed by atoms with Gasteiger partial charge in [0.2, 0.25) is 0 Å². The van der Waals surface area contributed by atoms with Crippen LogP contribution >= 0.6 is 0 Å². The van der Waals surface area contributed by atoms with Gasteiger partial charge in [0.1, 0.15) is 17.2 Å². The third-order valence-electron chi connectivity index (χ3n) is 2.98. The van der Waals surface area contributed by atoms with E-state index in [9.17, 15) is 4.79 Å². The number of hydrogen-bond donors (Lipinski definition) is 1. The largest absolute Gasteiger partial charge is 0.496 e. The van der Waals surface area contributed by atoms with Crippen molar-refractivity contribution in [1.29, 1.82) is 0 Å². The first kappa shape index (κ1) is 15.1. The Morgan fingerprint density at radius 2 is 1.58 bits per heavy atom. The molecule has 5 heteroatoms. The summed E-state index contributed by atoms with van der Waals surface area (Å²) in [6, 6.07) is 3.45. The van der Waals surface area contributed by atoms with Crippen LogP contribution < -0.4 is 14.2 Å². The lowest BCUT2D eigenvalue weighted by Crippen LogP contribution is -2.23. The molecular formula is C14H20O5. The van der Waals surface area contributed by atoms with Crippen LogP contribution in [0.5, 0.6) is 17.2 Å². The van der Waals surface area contributed by atoms with E-state index in [1.807, 2.05) is 13.8 Å². The molecule has 5 nitrogen and oxygen atoms in total. The summed E-state index contributed by atoms with van der Waals surface area (Å²) in [5, 5.41) is 9.03. The van der Waals surface area contributed by atoms with E-state index in [1.54, 1.807) is 19.2 Å². The molecule has 0 saturated carbocycles. The molecule has 0 radical (unpaired) electrons. The topological polar surface area (TPSA) is 65.0 Å². The van der Waals surface area contributed by atoms with Gasteiger partial charge in [-0.3, -0.25) is 4.79 Å². The van der Waals surface area contributed by atoms with Crippen molar-refractivity contribution in [2.24, 2.45) is 0 Å². The third-order valence-corrected chi connectivity index (χ3v) is 2.98. The first-order chi connectivity index (χ1) is 8.85. The Kier molecular flexibility index (Phi) is 4.64. The zero-order valence-electron chi connectivity index (χ0n) is 11.9. The van der Waals surface area contributed by atoms with Crippen LogP contribution in [0.25, 0.3) is 0 Å². The predicted molar refractivity (Wildman–Crippen MR) is 71.4 cm³/mol. The van der Waals surface area contributed by atoms with Crippen LogP contribution in [-0.2, 0) is 10.2 Å². The molecule has 106 valence electrons. The number of carboxylic acids is 1. The van der Waals surface area contributed by atoms with Crippen LogP contribution in [0.3, 0.4) is 0 Å². The normalized spacial score (nSPS) is 11.0. The van der Waals surface area contributed by atoms with Gasteiger partial charge >= 0.3 is 5.97 Å². The third kappa shape index (κ3) is 3.30. The molecule has 0 amide bonds. The van der Waals surface area contributed by atoms with Gasteiger partial charge in [0.05, 0.1) is 27.8 Å². The molecule has 0 aromatic heterocycles. The quantitative estimate of drug-likeness (QED) is 0.858. The molecule has 0 bridgehead atoms. The average molecular weight is 268 g/mol. The van der Waals surface area contributed by atoms with Gasteiger partial charge < -0.3 is 19.3 Å². The van der Waals surface area contributed by atoms with Crippen molar-refractivity contribution in [3.8, 4) is 17.2 Å². The Morgan fingerprint density at radius 3 is 1.89 bits per heavy atom. The smallest absolute Gasteiger partial charge is 0.304 e. The highest BCUT2D eigenvalue weighted by atomic mass is 16.5. The van der Waals surface area contributed by atoms with Gasteiger partial charge in [-0.05, 0) is 0 Å².